The van der Waals surface area contributed by atoms with Crippen LogP contribution in [0.25, 0.3) is 33.4 Å². The fourth-order valence-electron chi connectivity index (χ4n) is 5.61. The van der Waals surface area contributed by atoms with E-state index < -0.39 is 0 Å². The van der Waals surface area contributed by atoms with E-state index in [1.54, 1.807) is 19.1 Å². The van der Waals surface area contributed by atoms with Crippen molar-refractivity contribution in [2.24, 2.45) is 0 Å². The Morgan fingerprint density at radius 3 is 1.16 bits per heavy atom. The highest BCUT2D eigenvalue weighted by atomic mass is 14.4. The van der Waals surface area contributed by atoms with E-state index in [9.17, 15) is 47.4 Å². The molecule has 45 heavy (non-hydrogen) atoms. The molecule has 0 fully saturated rings. The summed E-state index contributed by atoms with van der Waals surface area (Å²) in [6.45, 7) is 1.75. The first-order valence-electron chi connectivity index (χ1n) is 12.9. The van der Waals surface area contributed by atoms with Crippen molar-refractivity contribution in [2.45, 2.75) is 6.92 Å². The fraction of sp³-hybridized carbons (Fsp3) is 0.0278. The van der Waals surface area contributed by atoms with E-state index in [4.69, 9.17) is 0 Å². The van der Waals surface area contributed by atoms with Crippen LogP contribution in [0, 0.1) is 109 Å². The first-order valence-corrected chi connectivity index (χ1v) is 12.9. The summed E-state index contributed by atoms with van der Waals surface area (Å²) in [5.74, 6) is 0. The topological polar surface area (TPSA) is 214 Å². The molecular formula is C36H11N9. The number of hydrogen-bond acceptors (Lipinski definition) is 9. The lowest BCUT2D eigenvalue weighted by molar-refractivity contribution is 1.40. The molecule has 0 aromatic heterocycles. The zero-order valence-corrected chi connectivity index (χ0v) is 23.1. The van der Waals surface area contributed by atoms with Gasteiger partial charge in [0.25, 0.3) is 0 Å². The molecule has 200 valence electrons. The number of benzene rings is 3. The van der Waals surface area contributed by atoms with Crippen molar-refractivity contribution in [1.82, 2.24) is 0 Å². The van der Waals surface area contributed by atoms with E-state index in [0.717, 1.165) is 0 Å². The molecule has 0 saturated heterocycles. The maximum atomic E-state index is 10.4. The number of aryl methyl sites for hydroxylation is 1. The third-order valence-electron chi connectivity index (χ3n) is 7.38. The van der Waals surface area contributed by atoms with Crippen LogP contribution in [0.1, 0.15) is 55.6 Å². The van der Waals surface area contributed by atoms with Gasteiger partial charge in [0.15, 0.2) is 0 Å². The molecule has 3 aromatic carbocycles. The van der Waals surface area contributed by atoms with Gasteiger partial charge in [0.05, 0.1) is 68.3 Å². The van der Waals surface area contributed by atoms with E-state index in [0.29, 0.717) is 11.1 Å². The summed E-state index contributed by atoms with van der Waals surface area (Å²) < 4.78 is 0. The average molecular weight is 570 g/mol. The number of nitrogens with zero attached hydrogens (tertiary/aromatic N) is 9. The minimum Gasteiger partial charge on any atom is -0.192 e. The third kappa shape index (κ3) is 4.34. The van der Waals surface area contributed by atoms with Crippen molar-refractivity contribution in [3.05, 3.63) is 115 Å². The van der Waals surface area contributed by atoms with Crippen molar-refractivity contribution in [2.75, 3.05) is 0 Å². The first kappa shape index (κ1) is 28.6. The lowest BCUT2D eigenvalue weighted by Gasteiger charge is -2.13. The molecule has 0 unspecified atom stereocenters. The molecule has 9 heteroatoms. The van der Waals surface area contributed by atoms with Crippen molar-refractivity contribution in [3.8, 4) is 54.6 Å². The molecule has 0 aliphatic heterocycles. The Morgan fingerprint density at radius 2 is 0.778 bits per heavy atom. The van der Waals surface area contributed by atoms with Gasteiger partial charge >= 0.3 is 0 Å². The molecule has 0 spiro atoms. The summed E-state index contributed by atoms with van der Waals surface area (Å²) >= 11 is 0. The maximum absolute atomic E-state index is 10.4. The van der Waals surface area contributed by atoms with Crippen molar-refractivity contribution >= 4 is 33.4 Å². The summed E-state index contributed by atoms with van der Waals surface area (Å²) in [6.07, 6.45) is 0. The molecule has 0 N–H and O–H groups in total. The smallest absolute Gasteiger partial charge is 0.101 e. The van der Waals surface area contributed by atoms with Gasteiger partial charge < -0.3 is 0 Å². The number of rotatable bonds is 2. The molecule has 0 atom stereocenters. The van der Waals surface area contributed by atoms with Crippen LogP contribution in [0.15, 0.2) is 59.7 Å². The summed E-state index contributed by atoms with van der Waals surface area (Å²) in [7, 11) is 0. The van der Waals surface area contributed by atoms with Crippen LogP contribution in [-0.2, 0) is 0 Å². The third-order valence-corrected chi connectivity index (χ3v) is 7.38. The number of hydrogen-bond donors (Lipinski definition) is 0. The summed E-state index contributed by atoms with van der Waals surface area (Å²) in [4.78, 5) is 0. The molecule has 0 saturated carbocycles. The molecule has 5 rings (SSSR count). The van der Waals surface area contributed by atoms with Gasteiger partial charge in [-0.1, -0.05) is 6.07 Å². The molecule has 2 aliphatic rings. The van der Waals surface area contributed by atoms with E-state index in [2.05, 4.69) is 18.2 Å². The fourth-order valence-corrected chi connectivity index (χ4v) is 5.61. The zero-order valence-electron chi connectivity index (χ0n) is 23.1. The first-order chi connectivity index (χ1) is 21.8. The Balaban J connectivity index is 1.95. The second kappa shape index (κ2) is 11.1. The van der Waals surface area contributed by atoms with Gasteiger partial charge in [-0.2, -0.15) is 47.4 Å². The normalized spacial score (nSPS) is 14.5. The van der Waals surface area contributed by atoms with Gasteiger partial charge in [-0.15, -0.1) is 0 Å². The second-order valence-electron chi connectivity index (χ2n) is 9.84. The molecule has 0 radical (unpaired) electrons. The Kier molecular flexibility index (Phi) is 7.06. The highest BCUT2D eigenvalue weighted by molar-refractivity contribution is 6.20. The lowest BCUT2D eigenvalue weighted by Crippen LogP contribution is -1.97. The maximum Gasteiger partial charge on any atom is 0.101 e. The largest absolute Gasteiger partial charge is 0.192 e. The van der Waals surface area contributed by atoms with Gasteiger partial charge in [0.1, 0.15) is 36.4 Å². The number of fused-ring (bicyclic) bond motifs is 2. The summed E-state index contributed by atoms with van der Waals surface area (Å²) in [6, 6.07) is 30.2. The van der Waals surface area contributed by atoms with Crippen molar-refractivity contribution in [3.63, 3.8) is 0 Å². The predicted octanol–water partition coefficient (Wildman–Crippen LogP) is 6.11. The van der Waals surface area contributed by atoms with Crippen LogP contribution in [0.3, 0.4) is 0 Å². The number of allylic oxidation sites excluding steroid dienone is 8. The minimum atomic E-state index is -0.125. The molecule has 3 aromatic rings. The van der Waals surface area contributed by atoms with E-state index in [1.807, 2.05) is 36.4 Å². The summed E-state index contributed by atoms with van der Waals surface area (Å²) in [5, 5.41) is 90.0. The SMILES string of the molecule is Cc1cc(C#N)cc(/C(C#N)=C2\C(C#N)=C(C#N)c3cc4c(cc32)/C(=C(\C#N)c2cc(C#N)cc(C#N)c2)C(C#N)=C4C#N)c1. The molecule has 9 nitrogen and oxygen atoms in total. The van der Waals surface area contributed by atoms with Crippen LogP contribution in [0.2, 0.25) is 0 Å². The highest BCUT2D eigenvalue weighted by Crippen LogP contribution is 2.51. The second-order valence-corrected chi connectivity index (χ2v) is 9.84. The van der Waals surface area contributed by atoms with Crippen molar-refractivity contribution in [1.29, 1.82) is 47.4 Å². The minimum absolute atomic E-state index is 0.0246. The number of nitriles is 9. The highest BCUT2D eigenvalue weighted by Gasteiger charge is 2.37. The molecule has 0 amide bonds. The van der Waals surface area contributed by atoms with Crippen LogP contribution in [0.4, 0.5) is 0 Å². The Bertz CT molecular complexity index is 2440. The predicted molar refractivity (Wildman–Crippen MR) is 159 cm³/mol. The van der Waals surface area contributed by atoms with E-state index >= 15 is 0 Å². The summed E-state index contributed by atoms with van der Waals surface area (Å²) in [5.41, 5.74) is 2.56. The van der Waals surface area contributed by atoms with Gasteiger partial charge in [-0.3, -0.25) is 0 Å². The van der Waals surface area contributed by atoms with Gasteiger partial charge in [-0.25, -0.2) is 0 Å². The zero-order chi connectivity index (χ0) is 32.4. The monoisotopic (exact) mass is 569 g/mol. The molecule has 0 bridgehead atoms. The molecular weight excluding hydrogens is 558 g/mol. The standard InChI is InChI=1S/C36H11N9/c1-19-2-20(10-37)5-23(3-19)29(13-40)35-27-9-28-26(8-25(27)31(15-42)33(35)17-44)32(16-43)34(18-45)36(28)30(14-41)24-6-21(11-38)4-22(7-24)12-39/h2-9H,1H3/b35-29-,36-30-. The Morgan fingerprint density at radius 1 is 0.400 bits per heavy atom. The van der Waals surface area contributed by atoms with Gasteiger partial charge in [0, 0.05) is 22.3 Å². The van der Waals surface area contributed by atoms with E-state index in [1.165, 1.54) is 36.4 Å². The van der Waals surface area contributed by atoms with Crippen LogP contribution in [-0.4, -0.2) is 0 Å². The van der Waals surface area contributed by atoms with Crippen LogP contribution >= 0.6 is 0 Å². The van der Waals surface area contributed by atoms with Crippen molar-refractivity contribution < 1.29 is 0 Å². The van der Waals surface area contributed by atoms with Gasteiger partial charge in [-0.05, 0) is 77.2 Å². The van der Waals surface area contributed by atoms with Crippen LogP contribution < -0.4 is 0 Å². The van der Waals surface area contributed by atoms with Crippen LogP contribution in [0.5, 0.6) is 0 Å². The quantitative estimate of drug-likeness (QED) is 0.325. The molecule has 0 heterocycles. The Labute approximate surface area is 257 Å². The Hall–Kier alpha value is -7.97. The molecule has 2 aliphatic carbocycles. The lowest BCUT2D eigenvalue weighted by atomic mass is 9.87. The average Bonchev–Trinajstić information content (AvgIpc) is 3.54. The van der Waals surface area contributed by atoms with E-state index in [-0.39, 0.29) is 89.1 Å². The van der Waals surface area contributed by atoms with Gasteiger partial charge in [0.2, 0.25) is 0 Å².